The molecular weight excluding hydrogens is 323 g/mol. The van der Waals surface area contributed by atoms with Crippen LogP contribution in [0, 0.1) is 5.82 Å². The van der Waals surface area contributed by atoms with E-state index < -0.39 is 0 Å². The number of pyridine rings is 1. The van der Waals surface area contributed by atoms with Crippen LogP contribution in [-0.2, 0) is 6.42 Å². The van der Waals surface area contributed by atoms with Crippen LogP contribution in [0.5, 0.6) is 0 Å². The first kappa shape index (κ1) is 13.5. The lowest BCUT2D eigenvalue weighted by atomic mass is 10.1. The molecule has 1 aliphatic heterocycles. The van der Waals surface area contributed by atoms with E-state index in [4.69, 9.17) is 5.10 Å². The van der Waals surface area contributed by atoms with Gasteiger partial charge in [0.05, 0.1) is 28.1 Å². The average Bonchev–Trinajstić information content (AvgIpc) is 2.77. The Labute approximate surface area is 125 Å². The molecule has 1 N–H and O–H groups in total. The first-order valence-electron chi connectivity index (χ1n) is 6.83. The van der Waals surface area contributed by atoms with Gasteiger partial charge in [0.15, 0.2) is 0 Å². The van der Waals surface area contributed by atoms with Crippen molar-refractivity contribution < 1.29 is 4.39 Å². The third-order valence-electron chi connectivity index (χ3n) is 3.50. The molecule has 3 heterocycles. The van der Waals surface area contributed by atoms with Crippen molar-refractivity contribution in [3.63, 3.8) is 0 Å². The predicted octanol–water partition coefficient (Wildman–Crippen LogP) is 3.54. The summed E-state index contributed by atoms with van der Waals surface area (Å²) in [5.41, 5.74) is 1.91. The summed E-state index contributed by atoms with van der Waals surface area (Å²) < 4.78 is 16.0. The summed E-state index contributed by atoms with van der Waals surface area (Å²) in [6.07, 6.45) is 4.15. The van der Waals surface area contributed by atoms with Gasteiger partial charge in [-0.05, 0) is 40.9 Å². The van der Waals surface area contributed by atoms with Crippen molar-refractivity contribution in [3.05, 3.63) is 40.0 Å². The van der Waals surface area contributed by atoms with Gasteiger partial charge in [-0.2, -0.15) is 5.10 Å². The lowest BCUT2D eigenvalue weighted by Crippen LogP contribution is -2.25. The van der Waals surface area contributed by atoms with Gasteiger partial charge in [0.1, 0.15) is 11.6 Å². The topological polar surface area (TPSA) is 42.7 Å². The molecule has 0 saturated carbocycles. The number of hydrogen-bond acceptors (Lipinski definition) is 3. The van der Waals surface area contributed by atoms with Crippen LogP contribution in [0.4, 0.5) is 10.2 Å². The fourth-order valence-corrected chi connectivity index (χ4v) is 3.15. The molecular formula is C14H16BrFN4. The second-order valence-corrected chi connectivity index (χ2v) is 5.73. The quantitative estimate of drug-likeness (QED) is 0.930. The number of nitrogens with one attached hydrogen (secondary N) is 1. The summed E-state index contributed by atoms with van der Waals surface area (Å²) in [6, 6.07) is 3.26. The Morgan fingerprint density at radius 3 is 3.05 bits per heavy atom. The monoisotopic (exact) mass is 338 g/mol. The van der Waals surface area contributed by atoms with E-state index in [-0.39, 0.29) is 11.9 Å². The molecule has 1 unspecified atom stereocenters. The van der Waals surface area contributed by atoms with E-state index in [0.717, 1.165) is 47.5 Å². The number of hydrogen-bond donors (Lipinski definition) is 1. The number of fused-ring (bicyclic) bond motifs is 1. The summed E-state index contributed by atoms with van der Waals surface area (Å²) in [7, 11) is 0. The highest BCUT2D eigenvalue weighted by Gasteiger charge is 2.27. The normalized spacial score (nSPS) is 17.6. The number of rotatable bonds is 3. The van der Waals surface area contributed by atoms with Crippen LogP contribution in [0.1, 0.15) is 37.2 Å². The van der Waals surface area contributed by atoms with Crippen molar-refractivity contribution in [2.75, 3.05) is 11.9 Å². The van der Waals surface area contributed by atoms with Gasteiger partial charge < -0.3 is 5.32 Å². The van der Waals surface area contributed by atoms with E-state index in [0.29, 0.717) is 0 Å². The number of aryl methyl sites for hydroxylation is 1. The van der Waals surface area contributed by atoms with Crippen molar-refractivity contribution in [2.45, 2.75) is 32.2 Å². The zero-order valence-electron chi connectivity index (χ0n) is 11.2. The molecule has 6 heteroatoms. The van der Waals surface area contributed by atoms with Crippen LogP contribution >= 0.6 is 15.9 Å². The maximum atomic E-state index is 13.0. The molecule has 0 fully saturated rings. The van der Waals surface area contributed by atoms with Crippen LogP contribution in [0.15, 0.2) is 22.8 Å². The van der Waals surface area contributed by atoms with Crippen LogP contribution in [0.2, 0.25) is 0 Å². The minimum Gasteiger partial charge on any atom is -0.369 e. The Morgan fingerprint density at radius 1 is 1.50 bits per heavy atom. The maximum absolute atomic E-state index is 13.0. The standard InChI is InChI=1S/C14H16BrFN4/c1-2-3-11-13(15)14-17-7-6-12(20(14)19-11)10-5-4-9(16)8-18-10/h4-5,8,12,17H,2-3,6-7H2,1H3. The summed E-state index contributed by atoms with van der Waals surface area (Å²) in [5, 5.41) is 8.07. The number of aromatic nitrogens is 3. The summed E-state index contributed by atoms with van der Waals surface area (Å²) in [6.45, 7) is 3.00. The van der Waals surface area contributed by atoms with Gasteiger partial charge in [-0.25, -0.2) is 9.07 Å². The van der Waals surface area contributed by atoms with Crippen molar-refractivity contribution in [1.29, 1.82) is 0 Å². The van der Waals surface area contributed by atoms with Gasteiger partial charge in [-0.1, -0.05) is 13.3 Å². The van der Waals surface area contributed by atoms with E-state index >= 15 is 0 Å². The molecule has 0 amide bonds. The molecule has 4 nitrogen and oxygen atoms in total. The minimum atomic E-state index is -0.309. The van der Waals surface area contributed by atoms with E-state index in [9.17, 15) is 4.39 Å². The highest BCUT2D eigenvalue weighted by Crippen LogP contribution is 2.35. The lowest BCUT2D eigenvalue weighted by Gasteiger charge is -2.25. The van der Waals surface area contributed by atoms with Crippen molar-refractivity contribution >= 4 is 21.7 Å². The third kappa shape index (κ3) is 2.32. The van der Waals surface area contributed by atoms with Crippen molar-refractivity contribution in [1.82, 2.24) is 14.8 Å². The highest BCUT2D eigenvalue weighted by atomic mass is 79.9. The predicted molar refractivity (Wildman–Crippen MR) is 79.4 cm³/mol. The van der Waals surface area contributed by atoms with E-state index in [2.05, 4.69) is 33.2 Å². The first-order chi connectivity index (χ1) is 9.70. The first-order valence-corrected chi connectivity index (χ1v) is 7.62. The fraction of sp³-hybridized carbons (Fsp3) is 0.429. The smallest absolute Gasteiger partial charge is 0.141 e. The zero-order valence-corrected chi connectivity index (χ0v) is 12.8. The van der Waals surface area contributed by atoms with Crippen molar-refractivity contribution in [2.24, 2.45) is 0 Å². The Bertz CT molecular complexity index is 608. The Kier molecular flexibility index (Phi) is 3.74. The molecule has 106 valence electrons. The largest absolute Gasteiger partial charge is 0.369 e. The zero-order chi connectivity index (χ0) is 14.1. The van der Waals surface area contributed by atoms with Gasteiger partial charge >= 0.3 is 0 Å². The van der Waals surface area contributed by atoms with Crippen LogP contribution in [0.25, 0.3) is 0 Å². The molecule has 1 atom stereocenters. The molecule has 2 aromatic heterocycles. The van der Waals surface area contributed by atoms with Crippen LogP contribution in [0.3, 0.4) is 0 Å². The molecule has 0 saturated heterocycles. The molecule has 3 rings (SSSR count). The fourth-order valence-electron chi connectivity index (χ4n) is 2.55. The van der Waals surface area contributed by atoms with E-state index in [1.807, 2.05) is 4.68 Å². The van der Waals surface area contributed by atoms with Crippen LogP contribution < -0.4 is 5.32 Å². The average molecular weight is 339 g/mol. The van der Waals surface area contributed by atoms with E-state index in [1.165, 1.54) is 12.3 Å². The van der Waals surface area contributed by atoms with Gasteiger partial charge in [0.25, 0.3) is 0 Å². The molecule has 2 aromatic rings. The molecule has 0 bridgehead atoms. The van der Waals surface area contributed by atoms with Gasteiger partial charge in [0, 0.05) is 6.54 Å². The molecule has 1 aliphatic rings. The maximum Gasteiger partial charge on any atom is 0.141 e. The van der Waals surface area contributed by atoms with E-state index in [1.54, 1.807) is 6.07 Å². The van der Waals surface area contributed by atoms with Gasteiger partial charge in [-0.15, -0.1) is 0 Å². The molecule has 0 aliphatic carbocycles. The summed E-state index contributed by atoms with van der Waals surface area (Å²) in [4.78, 5) is 4.21. The van der Waals surface area contributed by atoms with Crippen LogP contribution in [-0.4, -0.2) is 21.3 Å². The summed E-state index contributed by atoms with van der Waals surface area (Å²) in [5.74, 6) is 0.687. The second kappa shape index (κ2) is 5.52. The molecule has 0 aromatic carbocycles. The third-order valence-corrected chi connectivity index (χ3v) is 4.34. The van der Waals surface area contributed by atoms with Gasteiger partial charge in [-0.3, -0.25) is 4.98 Å². The SMILES string of the molecule is CCCc1nn2c(c1Br)NCCC2c1ccc(F)cn1. The number of halogens is 2. The molecule has 20 heavy (non-hydrogen) atoms. The number of nitrogens with zero attached hydrogens (tertiary/aromatic N) is 3. The Balaban J connectivity index is 2.01. The second-order valence-electron chi connectivity index (χ2n) is 4.94. The Morgan fingerprint density at radius 2 is 2.35 bits per heavy atom. The Hall–Kier alpha value is -1.43. The number of anilines is 1. The van der Waals surface area contributed by atoms with Crippen molar-refractivity contribution in [3.8, 4) is 0 Å². The molecule has 0 radical (unpaired) electrons. The summed E-state index contributed by atoms with van der Waals surface area (Å²) >= 11 is 3.62. The van der Waals surface area contributed by atoms with Gasteiger partial charge in [0.2, 0.25) is 0 Å². The minimum absolute atomic E-state index is 0.0637. The molecule has 0 spiro atoms. The lowest BCUT2D eigenvalue weighted by molar-refractivity contribution is 0.466. The highest BCUT2D eigenvalue weighted by molar-refractivity contribution is 9.10.